The third-order valence-electron chi connectivity index (χ3n) is 5.80. The van der Waals surface area contributed by atoms with E-state index in [-0.39, 0.29) is 22.1 Å². The lowest BCUT2D eigenvalue weighted by Crippen LogP contribution is -2.63. The van der Waals surface area contributed by atoms with E-state index < -0.39 is 61.2 Å². The second-order valence-electron chi connectivity index (χ2n) is 9.12. The molecule has 1 aliphatic rings. The van der Waals surface area contributed by atoms with Crippen LogP contribution in [0.1, 0.15) is 33.4 Å². The van der Waals surface area contributed by atoms with Crippen LogP contribution in [0.3, 0.4) is 0 Å². The molecule has 5 atom stereocenters. The average molecular weight is 590 g/mol. The summed E-state index contributed by atoms with van der Waals surface area (Å²) in [6.45, 7) is 5.96. The van der Waals surface area contributed by atoms with Gasteiger partial charge in [0.05, 0.1) is 10.9 Å². The van der Waals surface area contributed by atoms with Crippen LogP contribution in [0.2, 0.25) is 0 Å². The van der Waals surface area contributed by atoms with Gasteiger partial charge in [-0.1, -0.05) is 0 Å². The van der Waals surface area contributed by atoms with Gasteiger partial charge in [-0.05, 0) is 19.1 Å². The molecule has 0 saturated carbocycles. The number of esters is 4. The molecule has 1 saturated heterocycles. The Bertz CT molecular complexity index is 1530. The molecule has 2 aromatic heterocycles. The van der Waals surface area contributed by atoms with Gasteiger partial charge >= 0.3 is 23.9 Å². The third kappa shape index (κ3) is 7.08. The Morgan fingerprint density at radius 1 is 0.927 bits per heavy atom. The zero-order chi connectivity index (χ0) is 29.8. The van der Waals surface area contributed by atoms with E-state index in [1.807, 2.05) is 12.3 Å². The number of carbonyl (C=O) groups is 4. The maximum atomic E-state index is 13.1. The number of rotatable bonds is 8. The minimum Gasteiger partial charge on any atom is -0.463 e. The number of hydrogen-bond acceptors (Lipinski definition) is 14. The molecule has 3 heterocycles. The summed E-state index contributed by atoms with van der Waals surface area (Å²) in [4.78, 5) is 64.9. The first-order chi connectivity index (χ1) is 19.4. The van der Waals surface area contributed by atoms with Crippen LogP contribution in [0.5, 0.6) is 5.75 Å². The summed E-state index contributed by atoms with van der Waals surface area (Å²) >= 11 is 1.32. The Kier molecular flexibility index (Phi) is 9.03. The normalized spacial score (nSPS) is 22.0. The van der Waals surface area contributed by atoms with Crippen molar-refractivity contribution < 1.29 is 52.0 Å². The predicted octanol–water partition coefficient (Wildman–Crippen LogP) is 2.69. The summed E-state index contributed by atoms with van der Waals surface area (Å²) < 4.78 is 38.9. The summed E-state index contributed by atoms with van der Waals surface area (Å²) in [7, 11) is 0. The first kappa shape index (κ1) is 29.7. The maximum Gasteiger partial charge on any atom is 0.303 e. The number of hydrogen-bond donors (Lipinski definition) is 0. The second kappa shape index (κ2) is 12.5. The standard InChI is InChI=1S/C27H27NO12S/c1-12-11-41-26(28-12)19-9-35-20-8-17(6-7-18(20)22(19)33)39-27-25(38-16(5)32)24(37-15(4)31)23(36-14(3)30)21(40-27)10-34-13(2)29/h6-9,11,21,23-25,27H,10H2,1-5H3/t21-,23+,24+,25-,27+/m0/s1. The lowest BCUT2D eigenvalue weighted by atomic mass is 9.98. The second-order valence-corrected chi connectivity index (χ2v) is 9.97. The smallest absolute Gasteiger partial charge is 0.303 e. The number of nitrogens with zero attached hydrogens (tertiary/aromatic N) is 1. The maximum absolute atomic E-state index is 13.1. The van der Waals surface area contributed by atoms with Gasteiger partial charge in [0.25, 0.3) is 0 Å². The van der Waals surface area contributed by atoms with Gasteiger partial charge in [0, 0.05) is 44.8 Å². The lowest BCUT2D eigenvalue weighted by Gasteiger charge is -2.43. The van der Waals surface area contributed by atoms with Gasteiger partial charge in [-0.15, -0.1) is 11.3 Å². The van der Waals surface area contributed by atoms with Crippen LogP contribution in [0, 0.1) is 6.92 Å². The summed E-state index contributed by atoms with van der Waals surface area (Å²) in [5.74, 6) is -2.79. The van der Waals surface area contributed by atoms with Crippen LogP contribution < -0.4 is 10.2 Å². The van der Waals surface area contributed by atoms with Crippen LogP contribution in [0.15, 0.2) is 39.1 Å². The van der Waals surface area contributed by atoms with Crippen LogP contribution in [-0.4, -0.2) is 66.2 Å². The largest absolute Gasteiger partial charge is 0.463 e. The van der Waals surface area contributed by atoms with Crippen molar-refractivity contribution in [2.45, 2.75) is 65.3 Å². The Hall–Kier alpha value is -4.30. The molecule has 1 fully saturated rings. The zero-order valence-corrected chi connectivity index (χ0v) is 23.6. The number of aromatic nitrogens is 1. The molecule has 0 amide bonds. The van der Waals surface area contributed by atoms with Gasteiger partial charge in [-0.2, -0.15) is 0 Å². The number of ether oxygens (including phenoxy) is 6. The monoisotopic (exact) mass is 589 g/mol. The van der Waals surface area contributed by atoms with E-state index >= 15 is 0 Å². The molecule has 41 heavy (non-hydrogen) atoms. The topological polar surface area (TPSA) is 167 Å². The summed E-state index contributed by atoms with van der Waals surface area (Å²) in [6.07, 6.45) is -5.41. The number of carbonyl (C=O) groups excluding carboxylic acids is 4. The highest BCUT2D eigenvalue weighted by Gasteiger charge is 2.53. The van der Waals surface area contributed by atoms with Crippen molar-refractivity contribution in [1.82, 2.24) is 4.98 Å². The highest BCUT2D eigenvalue weighted by atomic mass is 32.1. The summed E-state index contributed by atoms with van der Waals surface area (Å²) in [5, 5.41) is 2.61. The first-order valence-electron chi connectivity index (χ1n) is 12.4. The Labute approximate surface area is 237 Å². The molecule has 1 aliphatic heterocycles. The molecule has 0 radical (unpaired) electrons. The number of thiazole rings is 1. The van der Waals surface area contributed by atoms with Gasteiger partial charge in [-0.25, -0.2) is 4.98 Å². The molecular formula is C27H27NO12S. The van der Waals surface area contributed by atoms with Crippen molar-refractivity contribution in [2.24, 2.45) is 0 Å². The molecule has 14 heteroatoms. The Balaban J connectivity index is 1.70. The molecule has 218 valence electrons. The van der Waals surface area contributed by atoms with E-state index in [0.717, 1.165) is 26.5 Å². The Morgan fingerprint density at radius 3 is 2.20 bits per heavy atom. The molecule has 0 bridgehead atoms. The minimum absolute atomic E-state index is 0.138. The van der Waals surface area contributed by atoms with Crippen molar-refractivity contribution >= 4 is 46.2 Å². The van der Waals surface area contributed by atoms with E-state index in [2.05, 4.69) is 4.98 Å². The molecule has 0 aliphatic carbocycles. The molecule has 13 nitrogen and oxygen atoms in total. The highest BCUT2D eigenvalue weighted by molar-refractivity contribution is 7.13. The van der Waals surface area contributed by atoms with Gasteiger partial charge in [0.2, 0.25) is 17.8 Å². The quantitative estimate of drug-likeness (QED) is 0.278. The van der Waals surface area contributed by atoms with E-state index in [0.29, 0.717) is 10.6 Å². The van der Waals surface area contributed by atoms with Gasteiger partial charge in [-0.3, -0.25) is 24.0 Å². The molecular weight excluding hydrogens is 562 g/mol. The van der Waals surface area contributed by atoms with Crippen molar-refractivity contribution in [3.05, 3.63) is 45.8 Å². The van der Waals surface area contributed by atoms with Crippen LogP contribution in [0.25, 0.3) is 21.5 Å². The fourth-order valence-electron chi connectivity index (χ4n) is 4.22. The number of benzene rings is 1. The van der Waals surface area contributed by atoms with E-state index in [1.165, 1.54) is 42.7 Å². The minimum atomic E-state index is -1.43. The average Bonchev–Trinajstić information content (AvgIpc) is 3.31. The molecule has 0 N–H and O–H groups in total. The van der Waals surface area contributed by atoms with Crippen molar-refractivity contribution in [1.29, 1.82) is 0 Å². The predicted molar refractivity (Wildman–Crippen MR) is 141 cm³/mol. The molecule has 4 rings (SSSR count). The van der Waals surface area contributed by atoms with Crippen LogP contribution >= 0.6 is 11.3 Å². The number of fused-ring (bicyclic) bond motifs is 1. The fraction of sp³-hybridized carbons (Fsp3) is 0.407. The van der Waals surface area contributed by atoms with E-state index in [9.17, 15) is 24.0 Å². The van der Waals surface area contributed by atoms with Crippen molar-refractivity contribution in [2.75, 3.05) is 6.61 Å². The number of aryl methyl sites for hydroxylation is 1. The summed E-state index contributed by atoms with van der Waals surface area (Å²) in [6, 6.07) is 4.40. The molecule has 3 aromatic rings. The highest BCUT2D eigenvalue weighted by Crippen LogP contribution is 2.32. The summed E-state index contributed by atoms with van der Waals surface area (Å²) in [5.41, 5.74) is 0.983. The molecule has 0 unspecified atom stereocenters. The molecule has 0 spiro atoms. The Morgan fingerprint density at radius 2 is 1.59 bits per heavy atom. The van der Waals surface area contributed by atoms with Crippen LogP contribution in [-0.2, 0) is 42.9 Å². The van der Waals surface area contributed by atoms with Gasteiger partial charge < -0.3 is 32.8 Å². The lowest BCUT2D eigenvalue weighted by molar-refractivity contribution is -0.288. The molecule has 1 aromatic carbocycles. The van der Waals surface area contributed by atoms with Gasteiger partial charge in [0.15, 0.2) is 12.2 Å². The van der Waals surface area contributed by atoms with Crippen molar-refractivity contribution in [3.8, 4) is 16.3 Å². The van der Waals surface area contributed by atoms with E-state index in [4.69, 9.17) is 32.8 Å². The SMILES string of the molecule is CC(=O)OC[C@@H]1O[C@@H](Oc2ccc3c(=O)c(-c4nc(C)cs4)coc3c2)[C@@H](OC(C)=O)[C@H](OC(C)=O)[C@@H]1OC(C)=O. The van der Waals surface area contributed by atoms with Crippen LogP contribution in [0.4, 0.5) is 0 Å². The van der Waals surface area contributed by atoms with Crippen molar-refractivity contribution in [3.63, 3.8) is 0 Å². The fourth-order valence-corrected chi connectivity index (χ4v) is 5.02. The third-order valence-corrected chi connectivity index (χ3v) is 6.79. The first-order valence-corrected chi connectivity index (χ1v) is 13.3. The van der Waals surface area contributed by atoms with Gasteiger partial charge in [0.1, 0.15) is 35.3 Å². The zero-order valence-electron chi connectivity index (χ0n) is 22.7. The van der Waals surface area contributed by atoms with E-state index in [1.54, 1.807) is 0 Å².